The Morgan fingerprint density at radius 1 is 1.14 bits per heavy atom. The summed E-state index contributed by atoms with van der Waals surface area (Å²) in [5.41, 5.74) is 0.261. The van der Waals surface area contributed by atoms with Crippen LogP contribution in [0.5, 0.6) is 0 Å². The van der Waals surface area contributed by atoms with E-state index in [9.17, 15) is 13.2 Å². The van der Waals surface area contributed by atoms with Crippen LogP contribution in [-0.4, -0.2) is 25.8 Å². The standard InChI is InChI=1S/C13H9F3N4S/c1-21-12-9(3-2-6-17-12)11-19-18-10-5-4-8(7-20(10)11)13(14,15)16/h2-7H,1H3. The number of hydrogen-bond acceptors (Lipinski definition) is 4. The molecule has 3 rings (SSSR count). The van der Waals surface area contributed by atoms with Crippen molar-refractivity contribution in [1.29, 1.82) is 0 Å². The number of halogens is 3. The first kappa shape index (κ1) is 13.9. The molecule has 3 aromatic rings. The molecule has 0 saturated carbocycles. The number of pyridine rings is 2. The van der Waals surface area contributed by atoms with Crippen molar-refractivity contribution in [3.8, 4) is 11.4 Å². The molecule has 0 atom stereocenters. The normalized spacial score (nSPS) is 12.0. The number of nitrogens with zero attached hydrogens (tertiary/aromatic N) is 4. The first-order chi connectivity index (χ1) is 10.0. The van der Waals surface area contributed by atoms with E-state index in [1.165, 1.54) is 22.2 Å². The van der Waals surface area contributed by atoms with Crippen molar-refractivity contribution in [2.75, 3.05) is 6.26 Å². The van der Waals surface area contributed by atoms with Gasteiger partial charge in [-0.1, -0.05) is 0 Å². The SMILES string of the molecule is CSc1ncccc1-c1nnc2ccc(C(F)(F)F)cn12. The van der Waals surface area contributed by atoms with Crippen molar-refractivity contribution in [1.82, 2.24) is 19.6 Å². The zero-order valence-corrected chi connectivity index (χ0v) is 11.6. The van der Waals surface area contributed by atoms with Crippen LogP contribution in [0.4, 0.5) is 13.2 Å². The van der Waals surface area contributed by atoms with Crippen LogP contribution in [0.2, 0.25) is 0 Å². The topological polar surface area (TPSA) is 43.1 Å². The third kappa shape index (κ3) is 2.46. The van der Waals surface area contributed by atoms with Crippen molar-refractivity contribution < 1.29 is 13.2 Å². The lowest BCUT2D eigenvalue weighted by atomic mass is 10.2. The molecular formula is C13H9F3N4S. The molecule has 108 valence electrons. The van der Waals surface area contributed by atoms with Gasteiger partial charge in [-0.15, -0.1) is 22.0 Å². The van der Waals surface area contributed by atoms with Crippen molar-refractivity contribution >= 4 is 17.4 Å². The second-order valence-electron chi connectivity index (χ2n) is 4.23. The predicted molar refractivity (Wildman–Crippen MR) is 73.0 cm³/mol. The molecule has 0 N–H and O–H groups in total. The zero-order chi connectivity index (χ0) is 15.0. The monoisotopic (exact) mass is 310 g/mol. The molecule has 21 heavy (non-hydrogen) atoms. The average Bonchev–Trinajstić information content (AvgIpc) is 2.89. The van der Waals surface area contributed by atoms with E-state index in [-0.39, 0.29) is 0 Å². The van der Waals surface area contributed by atoms with Gasteiger partial charge in [0.15, 0.2) is 11.5 Å². The number of rotatable bonds is 2. The van der Waals surface area contributed by atoms with Crippen molar-refractivity contribution in [2.24, 2.45) is 0 Å². The number of alkyl halides is 3. The van der Waals surface area contributed by atoms with E-state index >= 15 is 0 Å². The fraction of sp³-hybridized carbons (Fsp3) is 0.154. The van der Waals surface area contributed by atoms with Crippen LogP contribution in [0.15, 0.2) is 41.7 Å². The van der Waals surface area contributed by atoms with Gasteiger partial charge in [0.25, 0.3) is 0 Å². The molecule has 8 heteroatoms. The summed E-state index contributed by atoms with van der Waals surface area (Å²) in [4.78, 5) is 4.19. The van der Waals surface area contributed by atoms with Gasteiger partial charge in [0, 0.05) is 12.4 Å². The molecule has 0 aliphatic heterocycles. The summed E-state index contributed by atoms with van der Waals surface area (Å²) in [6.45, 7) is 0. The second kappa shape index (κ2) is 5.03. The third-order valence-electron chi connectivity index (χ3n) is 2.94. The van der Waals surface area contributed by atoms with Crippen LogP contribution in [-0.2, 0) is 6.18 Å². The van der Waals surface area contributed by atoms with E-state index in [2.05, 4.69) is 15.2 Å². The molecule has 0 amide bonds. The highest BCUT2D eigenvalue weighted by molar-refractivity contribution is 7.98. The fourth-order valence-electron chi connectivity index (χ4n) is 1.97. The lowest BCUT2D eigenvalue weighted by molar-refractivity contribution is -0.137. The van der Waals surface area contributed by atoms with Crippen molar-refractivity contribution in [2.45, 2.75) is 11.2 Å². The van der Waals surface area contributed by atoms with E-state index in [0.717, 1.165) is 12.3 Å². The summed E-state index contributed by atoms with van der Waals surface area (Å²) in [7, 11) is 0. The molecule has 0 aliphatic carbocycles. The summed E-state index contributed by atoms with van der Waals surface area (Å²) in [6.07, 6.45) is 0.0602. The van der Waals surface area contributed by atoms with Crippen LogP contribution in [0.1, 0.15) is 5.56 Å². The minimum absolute atomic E-state index is 0.341. The van der Waals surface area contributed by atoms with Gasteiger partial charge in [-0.25, -0.2) is 4.98 Å². The number of fused-ring (bicyclic) bond motifs is 1. The zero-order valence-electron chi connectivity index (χ0n) is 10.8. The Bertz CT molecular complexity index is 797. The second-order valence-corrected chi connectivity index (χ2v) is 5.02. The first-order valence-electron chi connectivity index (χ1n) is 5.92. The van der Waals surface area contributed by atoms with Crippen LogP contribution in [0, 0.1) is 0 Å². The summed E-state index contributed by atoms with van der Waals surface area (Å²) >= 11 is 1.40. The molecule has 0 aromatic carbocycles. The largest absolute Gasteiger partial charge is 0.417 e. The van der Waals surface area contributed by atoms with Crippen molar-refractivity contribution in [3.63, 3.8) is 0 Å². The van der Waals surface area contributed by atoms with Gasteiger partial charge in [0.05, 0.1) is 11.1 Å². The van der Waals surface area contributed by atoms with Gasteiger partial charge < -0.3 is 0 Å². The Balaban J connectivity index is 2.24. The van der Waals surface area contributed by atoms with Gasteiger partial charge >= 0.3 is 6.18 Å². The number of aromatic nitrogens is 4. The minimum atomic E-state index is -4.41. The molecule has 3 aromatic heterocycles. The maximum absolute atomic E-state index is 12.8. The Morgan fingerprint density at radius 2 is 1.95 bits per heavy atom. The van der Waals surface area contributed by atoms with Gasteiger partial charge in [-0.05, 0) is 30.5 Å². The Hall–Kier alpha value is -2.09. The highest BCUT2D eigenvalue weighted by Crippen LogP contribution is 2.31. The predicted octanol–water partition coefficient (Wildman–Crippen LogP) is 3.53. The maximum atomic E-state index is 12.8. The molecule has 0 fully saturated rings. The minimum Gasteiger partial charge on any atom is -0.282 e. The van der Waals surface area contributed by atoms with Gasteiger partial charge in [-0.2, -0.15) is 13.2 Å². The van der Waals surface area contributed by atoms with Crippen LogP contribution >= 0.6 is 11.8 Å². The van der Waals surface area contributed by atoms with Crippen molar-refractivity contribution in [3.05, 3.63) is 42.2 Å². The van der Waals surface area contributed by atoms with E-state index in [4.69, 9.17) is 0 Å². The van der Waals surface area contributed by atoms with Crippen LogP contribution in [0.3, 0.4) is 0 Å². The molecule has 0 bridgehead atoms. The number of thioether (sulfide) groups is 1. The van der Waals surface area contributed by atoms with Gasteiger partial charge in [0.1, 0.15) is 5.03 Å². The average molecular weight is 310 g/mol. The fourth-order valence-corrected chi connectivity index (χ4v) is 2.51. The summed E-state index contributed by atoms with van der Waals surface area (Å²) in [5.74, 6) is 0.341. The molecular weight excluding hydrogens is 301 g/mol. The Kier molecular flexibility index (Phi) is 3.32. The van der Waals surface area contributed by atoms with Gasteiger partial charge in [0.2, 0.25) is 0 Å². The molecule has 4 nitrogen and oxygen atoms in total. The van der Waals surface area contributed by atoms with E-state index in [0.29, 0.717) is 22.1 Å². The maximum Gasteiger partial charge on any atom is 0.417 e. The highest BCUT2D eigenvalue weighted by atomic mass is 32.2. The first-order valence-corrected chi connectivity index (χ1v) is 7.14. The lowest BCUT2D eigenvalue weighted by Crippen LogP contribution is -2.06. The summed E-state index contributed by atoms with van der Waals surface area (Å²) < 4.78 is 39.8. The number of hydrogen-bond donors (Lipinski definition) is 0. The molecule has 3 heterocycles. The Morgan fingerprint density at radius 3 is 2.67 bits per heavy atom. The molecule has 0 unspecified atom stereocenters. The molecule has 0 aliphatic rings. The van der Waals surface area contributed by atoms with E-state index < -0.39 is 11.7 Å². The van der Waals surface area contributed by atoms with Crippen LogP contribution in [0.25, 0.3) is 17.0 Å². The Labute approximate surface area is 122 Å². The van der Waals surface area contributed by atoms with E-state index in [1.807, 2.05) is 6.26 Å². The quantitative estimate of drug-likeness (QED) is 0.679. The lowest BCUT2D eigenvalue weighted by Gasteiger charge is -2.08. The summed E-state index contributed by atoms with van der Waals surface area (Å²) in [5, 5.41) is 8.58. The highest BCUT2D eigenvalue weighted by Gasteiger charge is 2.31. The van der Waals surface area contributed by atoms with Gasteiger partial charge in [-0.3, -0.25) is 4.40 Å². The van der Waals surface area contributed by atoms with Crippen LogP contribution < -0.4 is 0 Å². The molecule has 0 radical (unpaired) electrons. The smallest absolute Gasteiger partial charge is 0.282 e. The summed E-state index contributed by atoms with van der Waals surface area (Å²) in [6, 6.07) is 5.76. The molecule has 0 spiro atoms. The third-order valence-corrected chi connectivity index (χ3v) is 3.65. The van der Waals surface area contributed by atoms with E-state index in [1.54, 1.807) is 18.3 Å². The molecule has 0 saturated heterocycles.